The Bertz CT molecular complexity index is 531. The van der Waals surface area contributed by atoms with Gasteiger partial charge in [-0.05, 0) is 37.5 Å². The van der Waals surface area contributed by atoms with Crippen molar-refractivity contribution in [2.24, 2.45) is 5.73 Å². The van der Waals surface area contributed by atoms with E-state index < -0.39 is 17.9 Å². The molecule has 1 amide bonds. The van der Waals surface area contributed by atoms with E-state index in [4.69, 9.17) is 10.5 Å². The van der Waals surface area contributed by atoms with Gasteiger partial charge in [-0.25, -0.2) is 9.18 Å². The van der Waals surface area contributed by atoms with Gasteiger partial charge in [-0.1, -0.05) is 12.1 Å². The summed E-state index contributed by atoms with van der Waals surface area (Å²) in [6.07, 6.45) is 1.74. The maximum atomic E-state index is 13.2. The molecule has 21 heavy (non-hydrogen) atoms. The summed E-state index contributed by atoms with van der Waals surface area (Å²) in [4.78, 5) is 25.5. The Balaban J connectivity index is 2.08. The number of hydrogen-bond acceptors (Lipinski definition) is 4. The fraction of sp³-hybridized carbons (Fsp3) is 0.467. The normalized spacial score (nSPS) is 15.4. The lowest BCUT2D eigenvalue weighted by molar-refractivity contribution is -0.151. The lowest BCUT2D eigenvalue weighted by Gasteiger charge is -2.25. The maximum absolute atomic E-state index is 13.2. The topological polar surface area (TPSA) is 72.6 Å². The van der Waals surface area contributed by atoms with Crippen molar-refractivity contribution in [2.75, 3.05) is 6.61 Å². The van der Waals surface area contributed by atoms with Crippen molar-refractivity contribution < 1.29 is 18.7 Å². The number of nitrogens with zero attached hydrogens (tertiary/aromatic N) is 1. The first-order valence-electron chi connectivity index (χ1n) is 7.00. The van der Waals surface area contributed by atoms with E-state index in [-0.39, 0.29) is 25.0 Å². The Morgan fingerprint density at radius 2 is 2.19 bits per heavy atom. The second kappa shape index (κ2) is 6.67. The van der Waals surface area contributed by atoms with Crippen LogP contribution >= 0.6 is 0 Å². The van der Waals surface area contributed by atoms with Crippen molar-refractivity contribution in [3.63, 3.8) is 0 Å². The third-order valence-electron chi connectivity index (χ3n) is 3.32. The second-order valence-electron chi connectivity index (χ2n) is 5.06. The van der Waals surface area contributed by atoms with Gasteiger partial charge in [-0.15, -0.1) is 0 Å². The number of ether oxygens (including phenoxy) is 1. The van der Waals surface area contributed by atoms with Gasteiger partial charge in [0.05, 0.1) is 6.61 Å². The number of halogens is 1. The molecule has 2 rings (SSSR count). The molecule has 2 N–H and O–H groups in total. The quantitative estimate of drug-likeness (QED) is 0.632. The Hall–Kier alpha value is -1.95. The molecule has 0 aliphatic heterocycles. The van der Waals surface area contributed by atoms with Gasteiger partial charge in [0.15, 0.2) is 6.04 Å². The standard InChI is InChI=1S/C15H19FN2O3/c1-2-21-15(20)13(17)14(19)18(12-6-7-12)9-10-4-3-5-11(16)8-10/h3-5,8,12-13H,2,6-7,9,17H2,1H3. The van der Waals surface area contributed by atoms with Gasteiger partial charge in [0, 0.05) is 12.6 Å². The van der Waals surface area contributed by atoms with Crippen LogP contribution < -0.4 is 5.73 Å². The fourth-order valence-electron chi connectivity index (χ4n) is 2.12. The lowest BCUT2D eigenvalue weighted by Crippen LogP contribution is -2.49. The minimum Gasteiger partial charge on any atom is -0.464 e. The lowest BCUT2D eigenvalue weighted by atomic mass is 10.2. The van der Waals surface area contributed by atoms with Gasteiger partial charge in [0.1, 0.15) is 5.82 Å². The summed E-state index contributed by atoms with van der Waals surface area (Å²) >= 11 is 0. The summed E-state index contributed by atoms with van der Waals surface area (Å²) in [6, 6.07) is 4.79. The molecule has 6 heteroatoms. The van der Waals surface area contributed by atoms with Gasteiger partial charge in [-0.3, -0.25) is 4.79 Å². The number of amides is 1. The highest BCUT2D eigenvalue weighted by Gasteiger charge is 2.37. The average Bonchev–Trinajstić information content (AvgIpc) is 3.28. The van der Waals surface area contributed by atoms with Crippen LogP contribution in [0.2, 0.25) is 0 Å². The SMILES string of the molecule is CCOC(=O)C(N)C(=O)N(Cc1cccc(F)c1)C1CC1. The average molecular weight is 294 g/mol. The van der Waals surface area contributed by atoms with Crippen molar-refractivity contribution in [3.05, 3.63) is 35.6 Å². The van der Waals surface area contributed by atoms with Gasteiger partial charge in [-0.2, -0.15) is 0 Å². The minimum absolute atomic E-state index is 0.0706. The molecule has 0 heterocycles. The minimum atomic E-state index is -1.32. The van der Waals surface area contributed by atoms with Crippen LogP contribution in [0.4, 0.5) is 4.39 Å². The monoisotopic (exact) mass is 294 g/mol. The fourth-order valence-corrected chi connectivity index (χ4v) is 2.12. The molecular formula is C15H19FN2O3. The van der Waals surface area contributed by atoms with Crippen molar-refractivity contribution in [3.8, 4) is 0 Å². The second-order valence-corrected chi connectivity index (χ2v) is 5.06. The number of hydrogen-bond donors (Lipinski definition) is 1. The highest BCUT2D eigenvalue weighted by atomic mass is 19.1. The molecule has 1 aromatic carbocycles. The van der Waals surface area contributed by atoms with Crippen LogP contribution in [0.15, 0.2) is 24.3 Å². The predicted octanol–water partition coefficient (Wildman–Crippen LogP) is 1.21. The summed E-state index contributed by atoms with van der Waals surface area (Å²) in [5.74, 6) is -1.56. The van der Waals surface area contributed by atoms with Gasteiger partial charge in [0.25, 0.3) is 5.91 Å². The highest BCUT2D eigenvalue weighted by molar-refractivity contribution is 6.01. The Labute approximate surface area is 122 Å². The van der Waals surface area contributed by atoms with Gasteiger partial charge >= 0.3 is 5.97 Å². The molecule has 1 saturated carbocycles. The summed E-state index contributed by atoms with van der Waals surface area (Å²) in [5.41, 5.74) is 6.33. The summed E-state index contributed by atoms with van der Waals surface area (Å²) in [6.45, 7) is 2.07. The number of benzene rings is 1. The third kappa shape index (κ3) is 4.01. The van der Waals surface area contributed by atoms with E-state index in [0.717, 1.165) is 12.8 Å². The molecule has 1 aliphatic rings. The van der Waals surface area contributed by atoms with Crippen LogP contribution in [0.25, 0.3) is 0 Å². The van der Waals surface area contributed by atoms with Crippen molar-refractivity contribution in [1.29, 1.82) is 0 Å². The van der Waals surface area contributed by atoms with E-state index >= 15 is 0 Å². The van der Waals surface area contributed by atoms with Crippen molar-refractivity contribution in [1.82, 2.24) is 4.90 Å². The molecule has 1 aliphatic carbocycles. The Morgan fingerprint density at radius 1 is 1.48 bits per heavy atom. The van der Waals surface area contributed by atoms with Crippen LogP contribution in [0, 0.1) is 5.82 Å². The van der Waals surface area contributed by atoms with Crippen LogP contribution in [0.5, 0.6) is 0 Å². The maximum Gasteiger partial charge on any atom is 0.332 e. The van der Waals surface area contributed by atoms with E-state index in [9.17, 15) is 14.0 Å². The van der Waals surface area contributed by atoms with Gasteiger partial charge in [0.2, 0.25) is 0 Å². The zero-order valence-electron chi connectivity index (χ0n) is 11.9. The van der Waals surface area contributed by atoms with Gasteiger partial charge < -0.3 is 15.4 Å². The van der Waals surface area contributed by atoms with Crippen molar-refractivity contribution in [2.45, 2.75) is 38.4 Å². The Morgan fingerprint density at radius 3 is 2.76 bits per heavy atom. The smallest absolute Gasteiger partial charge is 0.332 e. The molecule has 1 aromatic rings. The number of rotatable bonds is 6. The highest BCUT2D eigenvalue weighted by Crippen LogP contribution is 2.29. The number of carbonyl (C=O) groups is 2. The van der Waals surface area contributed by atoms with Crippen LogP contribution in [0.3, 0.4) is 0 Å². The largest absolute Gasteiger partial charge is 0.464 e. The zero-order valence-corrected chi connectivity index (χ0v) is 11.9. The predicted molar refractivity (Wildman–Crippen MR) is 74.6 cm³/mol. The molecule has 1 fully saturated rings. The van der Waals surface area contributed by atoms with E-state index in [0.29, 0.717) is 5.56 Å². The Kier molecular flexibility index (Phi) is 4.90. The summed E-state index contributed by atoms with van der Waals surface area (Å²) in [7, 11) is 0. The molecule has 114 valence electrons. The summed E-state index contributed by atoms with van der Waals surface area (Å²) in [5, 5.41) is 0. The number of esters is 1. The molecular weight excluding hydrogens is 275 g/mol. The molecule has 5 nitrogen and oxygen atoms in total. The zero-order chi connectivity index (χ0) is 15.4. The molecule has 1 unspecified atom stereocenters. The first kappa shape index (κ1) is 15.4. The summed E-state index contributed by atoms with van der Waals surface area (Å²) < 4.78 is 18.0. The molecule has 0 radical (unpaired) electrons. The van der Waals surface area contributed by atoms with E-state index in [2.05, 4.69) is 0 Å². The number of carbonyl (C=O) groups excluding carboxylic acids is 2. The molecule has 0 spiro atoms. The van der Waals surface area contributed by atoms with E-state index in [1.165, 1.54) is 17.0 Å². The molecule has 0 saturated heterocycles. The number of nitrogens with two attached hydrogens (primary N) is 1. The van der Waals surface area contributed by atoms with Crippen LogP contribution in [-0.2, 0) is 20.9 Å². The molecule has 0 aromatic heterocycles. The van der Waals surface area contributed by atoms with E-state index in [1.807, 2.05) is 0 Å². The molecule has 0 bridgehead atoms. The third-order valence-corrected chi connectivity index (χ3v) is 3.32. The van der Waals surface area contributed by atoms with Crippen LogP contribution in [-0.4, -0.2) is 35.5 Å². The van der Waals surface area contributed by atoms with E-state index in [1.54, 1.807) is 19.1 Å². The first-order valence-corrected chi connectivity index (χ1v) is 7.00. The first-order chi connectivity index (χ1) is 10.0. The molecule has 1 atom stereocenters. The van der Waals surface area contributed by atoms with Crippen molar-refractivity contribution >= 4 is 11.9 Å². The van der Waals surface area contributed by atoms with Crippen LogP contribution in [0.1, 0.15) is 25.3 Å².